The molecule has 0 spiro atoms. The van der Waals surface area contributed by atoms with E-state index in [2.05, 4.69) is 27.7 Å². The van der Waals surface area contributed by atoms with Gasteiger partial charge in [-0.3, -0.25) is 4.79 Å². The highest BCUT2D eigenvalue weighted by molar-refractivity contribution is 6.31. The molecule has 0 bridgehead atoms. The zero-order valence-corrected chi connectivity index (χ0v) is 17.0. The minimum atomic E-state index is -0.325. The van der Waals surface area contributed by atoms with Crippen molar-refractivity contribution >= 4 is 23.2 Å². The van der Waals surface area contributed by atoms with Crippen LogP contribution in [0.25, 0.3) is 11.4 Å². The second-order valence-electron chi connectivity index (χ2n) is 6.26. The zero-order chi connectivity index (χ0) is 20.6. The van der Waals surface area contributed by atoms with E-state index >= 15 is 0 Å². The van der Waals surface area contributed by atoms with Gasteiger partial charge < -0.3 is 14.8 Å². The van der Waals surface area contributed by atoms with Crippen molar-refractivity contribution in [3.8, 4) is 22.9 Å². The Labute approximate surface area is 173 Å². The summed E-state index contributed by atoms with van der Waals surface area (Å²) in [5, 5.41) is 15.4. The van der Waals surface area contributed by atoms with Gasteiger partial charge in [0, 0.05) is 10.6 Å². The summed E-state index contributed by atoms with van der Waals surface area (Å²) in [6, 6.07) is 12.4. The van der Waals surface area contributed by atoms with Crippen molar-refractivity contribution < 1.29 is 14.3 Å². The maximum Gasteiger partial charge on any atom is 0.248 e. The van der Waals surface area contributed by atoms with Gasteiger partial charge in [-0.2, -0.15) is 4.80 Å². The number of benzene rings is 2. The number of halogens is 1. The van der Waals surface area contributed by atoms with Gasteiger partial charge >= 0.3 is 0 Å². The van der Waals surface area contributed by atoms with Crippen LogP contribution in [0.1, 0.15) is 19.8 Å². The summed E-state index contributed by atoms with van der Waals surface area (Å²) in [5.41, 5.74) is 1.26. The van der Waals surface area contributed by atoms with Crippen molar-refractivity contribution in [1.82, 2.24) is 20.2 Å². The average molecular weight is 416 g/mol. The van der Waals surface area contributed by atoms with Crippen LogP contribution in [0, 0.1) is 0 Å². The van der Waals surface area contributed by atoms with E-state index in [0.717, 1.165) is 24.2 Å². The molecule has 9 heteroatoms. The molecule has 0 saturated carbocycles. The molecule has 3 aromatic rings. The van der Waals surface area contributed by atoms with Crippen LogP contribution < -0.4 is 14.8 Å². The minimum absolute atomic E-state index is 0.0963. The van der Waals surface area contributed by atoms with Crippen LogP contribution in [0.3, 0.4) is 0 Å². The Hall–Kier alpha value is -3.13. The molecular formula is C20H22ClN5O3. The maximum absolute atomic E-state index is 12.3. The molecule has 0 saturated heterocycles. The number of tetrazole rings is 1. The molecule has 1 aromatic heterocycles. The highest BCUT2D eigenvalue weighted by atomic mass is 35.5. The van der Waals surface area contributed by atoms with Crippen LogP contribution in [0.4, 0.5) is 5.69 Å². The van der Waals surface area contributed by atoms with E-state index in [1.54, 1.807) is 18.2 Å². The quantitative estimate of drug-likeness (QED) is 0.534. The average Bonchev–Trinajstić information content (AvgIpc) is 3.17. The number of hydrogen-bond acceptors (Lipinski definition) is 6. The largest absolute Gasteiger partial charge is 0.495 e. The molecular weight excluding hydrogens is 394 g/mol. The second kappa shape index (κ2) is 9.88. The van der Waals surface area contributed by atoms with Gasteiger partial charge in [0.1, 0.15) is 18.0 Å². The number of aromatic nitrogens is 4. The van der Waals surface area contributed by atoms with Crippen LogP contribution in [-0.4, -0.2) is 39.8 Å². The second-order valence-corrected chi connectivity index (χ2v) is 6.70. The van der Waals surface area contributed by atoms with Crippen molar-refractivity contribution in [1.29, 1.82) is 0 Å². The molecule has 1 amide bonds. The lowest BCUT2D eigenvalue weighted by molar-refractivity contribution is -0.117. The SMILES string of the molecule is CCCCOc1ccc(-c2nnn(CC(=O)Nc3cc(Cl)ccc3OC)n2)cc1. The summed E-state index contributed by atoms with van der Waals surface area (Å²) in [7, 11) is 1.52. The lowest BCUT2D eigenvalue weighted by Crippen LogP contribution is -2.20. The summed E-state index contributed by atoms with van der Waals surface area (Å²) < 4.78 is 10.9. The summed E-state index contributed by atoms with van der Waals surface area (Å²) in [6.07, 6.45) is 2.10. The van der Waals surface area contributed by atoms with Crippen LogP contribution in [-0.2, 0) is 11.3 Å². The number of amides is 1. The van der Waals surface area contributed by atoms with E-state index in [1.165, 1.54) is 11.9 Å². The number of methoxy groups -OCH3 is 1. The third-order valence-electron chi connectivity index (χ3n) is 4.05. The van der Waals surface area contributed by atoms with Gasteiger partial charge in [-0.05, 0) is 54.1 Å². The summed E-state index contributed by atoms with van der Waals surface area (Å²) >= 11 is 5.98. The molecule has 0 atom stereocenters. The van der Waals surface area contributed by atoms with E-state index in [0.29, 0.717) is 28.9 Å². The van der Waals surface area contributed by atoms with Gasteiger partial charge in [0.05, 0.1) is 19.4 Å². The normalized spacial score (nSPS) is 10.6. The molecule has 8 nitrogen and oxygen atoms in total. The first-order valence-electron chi connectivity index (χ1n) is 9.23. The van der Waals surface area contributed by atoms with Gasteiger partial charge in [0.15, 0.2) is 0 Å². The van der Waals surface area contributed by atoms with Gasteiger partial charge in [-0.1, -0.05) is 24.9 Å². The Morgan fingerprint density at radius 3 is 2.72 bits per heavy atom. The number of carbonyl (C=O) groups excluding carboxylic acids is 1. The maximum atomic E-state index is 12.3. The van der Waals surface area contributed by atoms with E-state index in [4.69, 9.17) is 21.1 Å². The van der Waals surface area contributed by atoms with E-state index in [1.807, 2.05) is 24.3 Å². The first-order chi connectivity index (χ1) is 14.1. The number of ether oxygens (including phenoxy) is 2. The van der Waals surface area contributed by atoms with Crippen molar-refractivity contribution in [3.05, 3.63) is 47.5 Å². The lowest BCUT2D eigenvalue weighted by Gasteiger charge is -2.10. The molecule has 0 aliphatic heterocycles. The number of anilines is 1. The summed E-state index contributed by atoms with van der Waals surface area (Å²) in [5.74, 6) is 1.41. The van der Waals surface area contributed by atoms with Crippen molar-refractivity contribution in [3.63, 3.8) is 0 Å². The fourth-order valence-corrected chi connectivity index (χ4v) is 2.73. The fourth-order valence-electron chi connectivity index (χ4n) is 2.56. The van der Waals surface area contributed by atoms with Gasteiger partial charge in [-0.25, -0.2) is 0 Å². The molecule has 3 rings (SSSR count). The molecule has 0 fully saturated rings. The topological polar surface area (TPSA) is 91.2 Å². The van der Waals surface area contributed by atoms with Crippen molar-refractivity contribution in [2.45, 2.75) is 26.3 Å². The first-order valence-corrected chi connectivity index (χ1v) is 9.61. The van der Waals surface area contributed by atoms with Crippen LogP contribution in [0.5, 0.6) is 11.5 Å². The summed E-state index contributed by atoms with van der Waals surface area (Å²) in [6.45, 7) is 2.71. The number of hydrogen-bond donors (Lipinski definition) is 1. The highest BCUT2D eigenvalue weighted by Crippen LogP contribution is 2.27. The number of unbranched alkanes of at least 4 members (excludes halogenated alkanes) is 1. The third-order valence-corrected chi connectivity index (χ3v) is 4.29. The minimum Gasteiger partial charge on any atom is -0.495 e. The van der Waals surface area contributed by atoms with Crippen LogP contribution >= 0.6 is 11.6 Å². The molecule has 1 N–H and O–H groups in total. The standard InChI is InChI=1S/C20H22ClN5O3/c1-3-4-11-29-16-8-5-14(6-9-16)20-23-25-26(24-20)13-19(27)22-17-12-15(21)7-10-18(17)28-2/h5-10,12H,3-4,11,13H2,1-2H3,(H,22,27). The van der Waals surface area contributed by atoms with Crippen molar-refractivity contribution in [2.24, 2.45) is 0 Å². The van der Waals surface area contributed by atoms with Gasteiger partial charge in [0.25, 0.3) is 0 Å². The fraction of sp³-hybridized carbons (Fsp3) is 0.300. The van der Waals surface area contributed by atoms with E-state index < -0.39 is 0 Å². The monoisotopic (exact) mass is 415 g/mol. The van der Waals surface area contributed by atoms with Gasteiger partial charge in [0.2, 0.25) is 11.7 Å². The van der Waals surface area contributed by atoms with Gasteiger partial charge in [-0.15, -0.1) is 10.2 Å². The van der Waals surface area contributed by atoms with E-state index in [-0.39, 0.29) is 12.5 Å². The number of nitrogens with zero attached hydrogens (tertiary/aromatic N) is 4. The summed E-state index contributed by atoms with van der Waals surface area (Å²) in [4.78, 5) is 13.6. The molecule has 152 valence electrons. The Balaban J connectivity index is 1.61. The Morgan fingerprint density at radius 1 is 1.21 bits per heavy atom. The predicted molar refractivity (Wildman–Crippen MR) is 110 cm³/mol. The zero-order valence-electron chi connectivity index (χ0n) is 16.3. The first kappa shape index (κ1) is 20.6. The van der Waals surface area contributed by atoms with Crippen molar-refractivity contribution in [2.75, 3.05) is 19.0 Å². The highest BCUT2D eigenvalue weighted by Gasteiger charge is 2.12. The molecule has 0 radical (unpaired) electrons. The number of nitrogens with one attached hydrogen (secondary N) is 1. The Morgan fingerprint density at radius 2 is 2.00 bits per heavy atom. The predicted octanol–water partition coefficient (Wildman–Crippen LogP) is 3.82. The molecule has 2 aromatic carbocycles. The van der Waals surface area contributed by atoms with Crippen LogP contribution in [0.2, 0.25) is 5.02 Å². The molecule has 29 heavy (non-hydrogen) atoms. The lowest BCUT2D eigenvalue weighted by atomic mass is 10.2. The number of carbonyl (C=O) groups is 1. The molecule has 0 unspecified atom stereocenters. The third kappa shape index (κ3) is 5.68. The Kier molecular flexibility index (Phi) is 7.02. The molecule has 0 aliphatic carbocycles. The molecule has 1 heterocycles. The smallest absolute Gasteiger partial charge is 0.248 e. The Bertz CT molecular complexity index is 959. The van der Waals surface area contributed by atoms with E-state index in [9.17, 15) is 4.79 Å². The van der Waals surface area contributed by atoms with Crippen LogP contribution in [0.15, 0.2) is 42.5 Å². The number of rotatable bonds is 9. The molecule has 0 aliphatic rings.